The lowest BCUT2D eigenvalue weighted by atomic mass is 9.40. The summed E-state index contributed by atoms with van der Waals surface area (Å²) in [4.78, 5) is 37.0. The Morgan fingerprint density at radius 1 is 0.944 bits per heavy atom. The van der Waals surface area contributed by atoms with Crippen LogP contribution in [-0.4, -0.2) is 47.4 Å². The molecular weight excluding hydrogens is 460 g/mol. The molecule has 4 fully saturated rings. The Labute approximate surface area is 216 Å². The third kappa shape index (κ3) is 4.37. The lowest BCUT2D eigenvalue weighted by molar-refractivity contribution is -0.236. The summed E-state index contributed by atoms with van der Waals surface area (Å²) in [7, 11) is 0. The molecule has 2 bridgehead atoms. The van der Waals surface area contributed by atoms with Crippen molar-refractivity contribution in [2.75, 3.05) is 6.61 Å². The SMILES string of the molecule is CC(=O)O[C@@H]1[C@H](OC(=O)CC(C)C)C[C@@]2(C)[C@@H](CC[C@@]34C[C@@H](CC[C@@H]32)[C@](CO)(OC(C)=O)C4)C1(C)C. The average Bonchev–Trinajstić information content (AvgIpc) is 2.95. The third-order valence-electron chi connectivity index (χ3n) is 10.5. The average molecular weight is 507 g/mol. The molecule has 8 atom stereocenters. The number of ether oxygens (including phenoxy) is 3. The van der Waals surface area contributed by atoms with E-state index in [9.17, 15) is 19.5 Å². The zero-order valence-electron chi connectivity index (χ0n) is 23.2. The Hall–Kier alpha value is -1.63. The van der Waals surface area contributed by atoms with E-state index < -0.39 is 17.8 Å². The van der Waals surface area contributed by atoms with Gasteiger partial charge in [0.2, 0.25) is 0 Å². The predicted molar refractivity (Wildman–Crippen MR) is 134 cm³/mol. The molecule has 7 heteroatoms. The first-order valence-electron chi connectivity index (χ1n) is 13.9. The molecule has 0 unspecified atom stereocenters. The fraction of sp³-hybridized carbons (Fsp3) is 0.897. The van der Waals surface area contributed by atoms with Gasteiger partial charge in [-0.25, -0.2) is 0 Å². The third-order valence-corrected chi connectivity index (χ3v) is 10.5. The second-order valence-electron chi connectivity index (χ2n) is 13.7. The van der Waals surface area contributed by atoms with Crippen molar-refractivity contribution in [1.82, 2.24) is 0 Å². The number of fused-ring (bicyclic) bond motifs is 3. The van der Waals surface area contributed by atoms with E-state index in [2.05, 4.69) is 20.8 Å². The van der Waals surface area contributed by atoms with Crippen LogP contribution in [0.25, 0.3) is 0 Å². The maximum Gasteiger partial charge on any atom is 0.306 e. The fourth-order valence-electron chi connectivity index (χ4n) is 9.60. The van der Waals surface area contributed by atoms with Gasteiger partial charge >= 0.3 is 17.9 Å². The van der Waals surface area contributed by atoms with Crippen molar-refractivity contribution >= 4 is 17.9 Å². The molecule has 1 N–H and O–H groups in total. The predicted octanol–water partition coefficient (Wildman–Crippen LogP) is 4.82. The van der Waals surface area contributed by atoms with E-state index >= 15 is 0 Å². The number of aliphatic hydroxyl groups excluding tert-OH is 1. The molecule has 4 aliphatic carbocycles. The van der Waals surface area contributed by atoms with Crippen molar-refractivity contribution in [2.24, 2.45) is 39.9 Å². The first-order valence-corrected chi connectivity index (χ1v) is 13.9. The van der Waals surface area contributed by atoms with Crippen molar-refractivity contribution in [2.45, 2.75) is 118 Å². The van der Waals surface area contributed by atoms with Crippen LogP contribution in [0.4, 0.5) is 0 Å². The van der Waals surface area contributed by atoms with Crippen molar-refractivity contribution < 1.29 is 33.7 Å². The van der Waals surface area contributed by atoms with E-state index in [-0.39, 0.29) is 52.6 Å². The number of carbonyl (C=O) groups is 3. The van der Waals surface area contributed by atoms with E-state index in [1.54, 1.807) is 0 Å². The minimum Gasteiger partial charge on any atom is -0.458 e. The van der Waals surface area contributed by atoms with Crippen LogP contribution in [0, 0.1) is 39.9 Å². The topological polar surface area (TPSA) is 99.1 Å². The van der Waals surface area contributed by atoms with E-state index in [0.717, 1.165) is 32.1 Å². The molecule has 0 aromatic rings. The van der Waals surface area contributed by atoms with Gasteiger partial charge in [0.25, 0.3) is 0 Å². The molecule has 204 valence electrons. The van der Waals surface area contributed by atoms with Crippen LogP contribution in [0.3, 0.4) is 0 Å². The van der Waals surface area contributed by atoms with Crippen LogP contribution in [0.15, 0.2) is 0 Å². The zero-order chi connectivity index (χ0) is 26.7. The fourth-order valence-corrected chi connectivity index (χ4v) is 9.60. The Balaban J connectivity index is 1.70. The van der Waals surface area contributed by atoms with E-state index in [4.69, 9.17) is 14.2 Å². The highest BCUT2D eigenvalue weighted by atomic mass is 16.6. The molecule has 4 rings (SSSR count). The first kappa shape index (κ1) is 27.4. The zero-order valence-corrected chi connectivity index (χ0v) is 23.2. The summed E-state index contributed by atoms with van der Waals surface area (Å²) in [6, 6.07) is 0. The van der Waals surface area contributed by atoms with Gasteiger partial charge in [0, 0.05) is 31.6 Å². The molecule has 0 saturated heterocycles. The summed E-state index contributed by atoms with van der Waals surface area (Å²) in [5, 5.41) is 10.4. The van der Waals surface area contributed by atoms with Crippen LogP contribution < -0.4 is 0 Å². The maximum absolute atomic E-state index is 12.8. The number of esters is 3. The van der Waals surface area contributed by atoms with Crippen LogP contribution >= 0.6 is 0 Å². The number of hydrogen-bond acceptors (Lipinski definition) is 7. The van der Waals surface area contributed by atoms with Gasteiger partial charge in [0.15, 0.2) is 0 Å². The van der Waals surface area contributed by atoms with Crippen LogP contribution in [-0.2, 0) is 28.6 Å². The Morgan fingerprint density at radius 3 is 2.22 bits per heavy atom. The van der Waals surface area contributed by atoms with Gasteiger partial charge in [-0.3, -0.25) is 14.4 Å². The highest BCUT2D eigenvalue weighted by molar-refractivity contribution is 5.70. The van der Waals surface area contributed by atoms with Crippen molar-refractivity contribution in [3.05, 3.63) is 0 Å². The molecular formula is C29H46O7. The van der Waals surface area contributed by atoms with E-state index in [1.807, 2.05) is 13.8 Å². The Bertz CT molecular complexity index is 896. The van der Waals surface area contributed by atoms with Gasteiger partial charge in [0.05, 0.1) is 6.61 Å². The van der Waals surface area contributed by atoms with Gasteiger partial charge in [-0.2, -0.15) is 0 Å². The number of hydrogen-bond donors (Lipinski definition) is 1. The second-order valence-corrected chi connectivity index (χ2v) is 13.7. The lowest BCUT2D eigenvalue weighted by Gasteiger charge is -2.65. The Morgan fingerprint density at radius 2 is 1.64 bits per heavy atom. The second kappa shape index (κ2) is 9.28. The number of rotatable bonds is 6. The molecule has 0 heterocycles. The summed E-state index contributed by atoms with van der Waals surface area (Å²) in [6.45, 7) is 13.4. The highest BCUT2D eigenvalue weighted by Crippen LogP contribution is 2.73. The van der Waals surface area contributed by atoms with Gasteiger partial charge in [-0.05, 0) is 73.5 Å². The number of carbonyl (C=O) groups excluding carboxylic acids is 3. The first-order chi connectivity index (χ1) is 16.7. The lowest BCUT2D eigenvalue weighted by Crippen LogP contribution is -2.64. The minimum absolute atomic E-state index is 0.0107. The van der Waals surface area contributed by atoms with Gasteiger partial charge in [-0.15, -0.1) is 0 Å². The summed E-state index contributed by atoms with van der Waals surface area (Å²) < 4.78 is 17.9. The number of aliphatic hydroxyl groups is 1. The quantitative estimate of drug-likeness (QED) is 0.407. The largest absolute Gasteiger partial charge is 0.458 e. The molecule has 0 aromatic carbocycles. The normalized spacial score (nSPS) is 42.8. The molecule has 1 spiro atoms. The van der Waals surface area contributed by atoms with Crippen molar-refractivity contribution in [3.8, 4) is 0 Å². The molecule has 0 aromatic heterocycles. The molecule has 0 radical (unpaired) electrons. The van der Waals surface area contributed by atoms with Crippen molar-refractivity contribution in [1.29, 1.82) is 0 Å². The summed E-state index contributed by atoms with van der Waals surface area (Å²) in [5.41, 5.74) is -1.31. The van der Waals surface area contributed by atoms with Crippen LogP contribution in [0.1, 0.15) is 99.8 Å². The van der Waals surface area contributed by atoms with Gasteiger partial charge in [0.1, 0.15) is 17.8 Å². The van der Waals surface area contributed by atoms with E-state index in [1.165, 1.54) is 13.8 Å². The molecule has 7 nitrogen and oxygen atoms in total. The van der Waals surface area contributed by atoms with Crippen molar-refractivity contribution in [3.63, 3.8) is 0 Å². The van der Waals surface area contributed by atoms with Crippen LogP contribution in [0.5, 0.6) is 0 Å². The molecule has 36 heavy (non-hydrogen) atoms. The molecule has 4 saturated carbocycles. The summed E-state index contributed by atoms with van der Waals surface area (Å²) >= 11 is 0. The van der Waals surface area contributed by atoms with Gasteiger partial charge in [-0.1, -0.05) is 34.6 Å². The highest BCUT2D eigenvalue weighted by Gasteiger charge is 2.70. The van der Waals surface area contributed by atoms with Gasteiger partial charge < -0.3 is 19.3 Å². The maximum atomic E-state index is 12.8. The standard InChI is InChI=1S/C29H46O7/c1-17(2)12-24(33)35-21-14-27(7)22(26(5,6)25(21)34-18(3)31)10-11-28-13-20(8-9-23(27)28)29(15-28,16-30)36-19(4)32/h17,20-23,25,30H,8-16H2,1-7H3/t20-,21-,22+,23-,25-,27+,28+,29+/m1/s1. The molecule has 4 aliphatic rings. The monoisotopic (exact) mass is 506 g/mol. The molecule has 0 aliphatic heterocycles. The molecule has 0 amide bonds. The Kier molecular flexibility index (Phi) is 7.07. The minimum atomic E-state index is -0.794. The summed E-state index contributed by atoms with van der Waals surface area (Å²) in [5.74, 6) is 0.0856. The smallest absolute Gasteiger partial charge is 0.306 e. The van der Waals surface area contributed by atoms with Crippen LogP contribution in [0.2, 0.25) is 0 Å². The summed E-state index contributed by atoms with van der Waals surface area (Å²) in [6.07, 6.45) is 5.54. The van der Waals surface area contributed by atoms with E-state index in [0.29, 0.717) is 31.1 Å².